The van der Waals surface area contributed by atoms with E-state index in [1.54, 1.807) is 6.07 Å². The molecule has 1 aromatic rings. The first-order chi connectivity index (χ1) is 7.74. The normalized spacial score (nSPS) is 15.2. The summed E-state index contributed by atoms with van der Waals surface area (Å²) in [5.74, 6) is -0.503. The van der Waals surface area contributed by atoms with Crippen LogP contribution in [0.3, 0.4) is 0 Å². The maximum atomic E-state index is 11.6. The number of carbonyl (C=O) groups is 1. The number of aromatic hydroxyl groups is 1. The van der Waals surface area contributed by atoms with Crippen LogP contribution in [-0.2, 0) is 4.74 Å². The maximum absolute atomic E-state index is 11.6. The van der Waals surface area contributed by atoms with Crippen LogP contribution in [0.15, 0.2) is 18.2 Å². The number of phenols is 1. The van der Waals surface area contributed by atoms with Crippen molar-refractivity contribution in [1.29, 1.82) is 0 Å². The average Bonchev–Trinajstić information content (AvgIpc) is 2.81. The van der Waals surface area contributed by atoms with Crippen molar-refractivity contribution in [3.8, 4) is 5.75 Å². The van der Waals surface area contributed by atoms with E-state index in [2.05, 4.69) is 4.90 Å². The molecule has 1 aliphatic heterocycles. The number of hydrogen-bond donors (Lipinski definition) is 1. The molecular weight excluding hydrogens is 206 g/mol. The fraction of sp³-hybridized carbons (Fsp3) is 0.417. The summed E-state index contributed by atoms with van der Waals surface area (Å²) in [5.41, 5.74) is 1.04. The number of ether oxygens (including phenoxy) is 1. The maximum Gasteiger partial charge on any atom is 0.343 e. The summed E-state index contributed by atoms with van der Waals surface area (Å²) < 4.78 is 4.69. The van der Waals surface area contributed by atoms with Crippen LogP contribution in [0.5, 0.6) is 5.75 Å². The third kappa shape index (κ3) is 1.83. The number of esters is 1. The molecule has 0 saturated carbocycles. The van der Waals surface area contributed by atoms with Gasteiger partial charge < -0.3 is 14.7 Å². The summed E-state index contributed by atoms with van der Waals surface area (Å²) in [7, 11) is 1.32. The molecule has 0 aromatic heterocycles. The molecule has 1 heterocycles. The van der Waals surface area contributed by atoms with Gasteiger partial charge in [0.05, 0.1) is 12.8 Å². The zero-order valence-electron chi connectivity index (χ0n) is 9.27. The Morgan fingerprint density at radius 3 is 2.69 bits per heavy atom. The molecule has 0 aliphatic carbocycles. The van der Waals surface area contributed by atoms with Gasteiger partial charge in [0.15, 0.2) is 0 Å². The van der Waals surface area contributed by atoms with Crippen LogP contribution in [-0.4, -0.2) is 31.3 Å². The lowest BCUT2D eigenvalue weighted by Gasteiger charge is -2.20. The van der Waals surface area contributed by atoms with Gasteiger partial charge in [-0.05, 0) is 25.0 Å². The monoisotopic (exact) mass is 221 g/mol. The van der Waals surface area contributed by atoms with Crippen LogP contribution in [0.2, 0.25) is 0 Å². The van der Waals surface area contributed by atoms with Crippen molar-refractivity contribution in [2.24, 2.45) is 0 Å². The van der Waals surface area contributed by atoms with E-state index in [0.29, 0.717) is 0 Å². The summed E-state index contributed by atoms with van der Waals surface area (Å²) in [6, 6.07) is 5.10. The SMILES string of the molecule is COC(=O)c1c(O)cccc1N1CCCC1. The van der Waals surface area contributed by atoms with Gasteiger partial charge in [0.25, 0.3) is 0 Å². The standard InChI is InChI=1S/C12H15NO3/c1-16-12(15)11-9(5-4-6-10(11)14)13-7-2-3-8-13/h4-6,14H,2-3,7-8H2,1H3. The minimum absolute atomic E-state index is 0.0174. The first-order valence-electron chi connectivity index (χ1n) is 5.39. The van der Waals surface area contributed by atoms with Crippen LogP contribution >= 0.6 is 0 Å². The molecule has 0 amide bonds. The number of benzene rings is 1. The molecule has 0 unspecified atom stereocenters. The highest BCUT2D eigenvalue weighted by Gasteiger charge is 2.22. The predicted octanol–water partition coefficient (Wildman–Crippen LogP) is 1.78. The Hall–Kier alpha value is -1.71. The highest BCUT2D eigenvalue weighted by Crippen LogP contribution is 2.31. The second-order valence-corrected chi connectivity index (χ2v) is 3.86. The van der Waals surface area contributed by atoms with Crippen molar-refractivity contribution in [3.05, 3.63) is 23.8 Å². The zero-order valence-corrected chi connectivity index (χ0v) is 9.27. The largest absolute Gasteiger partial charge is 0.507 e. The molecule has 0 radical (unpaired) electrons. The Morgan fingerprint density at radius 1 is 1.38 bits per heavy atom. The van der Waals surface area contributed by atoms with Crippen LogP contribution in [0.1, 0.15) is 23.2 Å². The van der Waals surface area contributed by atoms with E-state index in [1.165, 1.54) is 13.2 Å². The van der Waals surface area contributed by atoms with Crippen molar-refractivity contribution in [3.63, 3.8) is 0 Å². The van der Waals surface area contributed by atoms with Crippen molar-refractivity contribution >= 4 is 11.7 Å². The Bertz CT molecular complexity index is 397. The third-order valence-electron chi connectivity index (χ3n) is 2.86. The van der Waals surface area contributed by atoms with Crippen molar-refractivity contribution in [1.82, 2.24) is 0 Å². The summed E-state index contributed by atoms with van der Waals surface area (Å²) in [6.45, 7) is 1.85. The van der Waals surface area contributed by atoms with Gasteiger partial charge in [0.1, 0.15) is 11.3 Å². The minimum atomic E-state index is -0.486. The Labute approximate surface area is 94.4 Å². The highest BCUT2D eigenvalue weighted by molar-refractivity contribution is 5.98. The quantitative estimate of drug-likeness (QED) is 0.773. The number of hydrogen-bond acceptors (Lipinski definition) is 4. The second kappa shape index (κ2) is 4.43. The van der Waals surface area contributed by atoms with Crippen LogP contribution in [0, 0.1) is 0 Å². The van der Waals surface area contributed by atoms with Crippen LogP contribution < -0.4 is 4.90 Å². The van der Waals surface area contributed by atoms with Gasteiger partial charge in [-0.15, -0.1) is 0 Å². The smallest absolute Gasteiger partial charge is 0.343 e. The molecule has 2 rings (SSSR count). The zero-order chi connectivity index (χ0) is 11.5. The molecule has 1 saturated heterocycles. The lowest BCUT2D eigenvalue weighted by atomic mass is 10.1. The Kier molecular flexibility index (Phi) is 2.99. The number of anilines is 1. The summed E-state index contributed by atoms with van der Waals surface area (Å²) in [6.07, 6.45) is 2.24. The number of methoxy groups -OCH3 is 1. The average molecular weight is 221 g/mol. The van der Waals surface area contributed by atoms with E-state index in [4.69, 9.17) is 4.74 Å². The van der Waals surface area contributed by atoms with Gasteiger partial charge in [-0.1, -0.05) is 6.07 Å². The van der Waals surface area contributed by atoms with Crippen molar-refractivity contribution in [2.75, 3.05) is 25.1 Å². The van der Waals surface area contributed by atoms with Gasteiger partial charge in [0, 0.05) is 13.1 Å². The fourth-order valence-electron chi connectivity index (χ4n) is 2.06. The van der Waals surface area contributed by atoms with Gasteiger partial charge in [0.2, 0.25) is 0 Å². The summed E-state index contributed by atoms with van der Waals surface area (Å²) in [4.78, 5) is 13.7. The molecule has 86 valence electrons. The van der Waals surface area contributed by atoms with E-state index < -0.39 is 5.97 Å². The third-order valence-corrected chi connectivity index (χ3v) is 2.86. The van der Waals surface area contributed by atoms with Crippen molar-refractivity contribution in [2.45, 2.75) is 12.8 Å². The highest BCUT2D eigenvalue weighted by atomic mass is 16.5. The molecule has 4 nitrogen and oxygen atoms in total. The minimum Gasteiger partial charge on any atom is -0.507 e. The number of phenolic OH excluding ortho intramolecular Hbond substituents is 1. The molecule has 1 aliphatic rings. The molecule has 0 bridgehead atoms. The van der Waals surface area contributed by atoms with Gasteiger partial charge >= 0.3 is 5.97 Å². The van der Waals surface area contributed by atoms with E-state index in [-0.39, 0.29) is 11.3 Å². The van der Waals surface area contributed by atoms with E-state index in [0.717, 1.165) is 31.6 Å². The molecule has 1 N–H and O–H groups in total. The van der Waals surface area contributed by atoms with E-state index >= 15 is 0 Å². The topological polar surface area (TPSA) is 49.8 Å². The Balaban J connectivity index is 2.43. The molecule has 1 aromatic carbocycles. The molecule has 1 fully saturated rings. The van der Waals surface area contributed by atoms with E-state index in [9.17, 15) is 9.90 Å². The number of carbonyl (C=O) groups excluding carboxylic acids is 1. The van der Waals surface area contributed by atoms with Crippen molar-refractivity contribution < 1.29 is 14.6 Å². The molecule has 0 spiro atoms. The second-order valence-electron chi connectivity index (χ2n) is 3.86. The van der Waals surface area contributed by atoms with Crippen LogP contribution in [0.25, 0.3) is 0 Å². The first-order valence-corrected chi connectivity index (χ1v) is 5.39. The summed E-state index contributed by atoms with van der Waals surface area (Å²) >= 11 is 0. The van der Waals surface area contributed by atoms with Gasteiger partial charge in [-0.2, -0.15) is 0 Å². The fourth-order valence-corrected chi connectivity index (χ4v) is 2.06. The number of rotatable bonds is 2. The van der Waals surface area contributed by atoms with E-state index in [1.807, 2.05) is 6.07 Å². The predicted molar refractivity (Wildman–Crippen MR) is 60.9 cm³/mol. The number of nitrogens with zero attached hydrogens (tertiary/aromatic N) is 1. The molecular formula is C12H15NO3. The Morgan fingerprint density at radius 2 is 2.06 bits per heavy atom. The molecule has 0 atom stereocenters. The summed E-state index contributed by atoms with van der Waals surface area (Å²) in [5, 5.41) is 9.73. The first kappa shape index (κ1) is 10.8. The van der Waals surface area contributed by atoms with Gasteiger partial charge in [-0.25, -0.2) is 4.79 Å². The van der Waals surface area contributed by atoms with Crippen LogP contribution in [0.4, 0.5) is 5.69 Å². The van der Waals surface area contributed by atoms with Gasteiger partial charge in [-0.3, -0.25) is 0 Å². The molecule has 4 heteroatoms. The lowest BCUT2D eigenvalue weighted by molar-refractivity contribution is 0.0598. The lowest BCUT2D eigenvalue weighted by Crippen LogP contribution is -2.21. The molecule has 16 heavy (non-hydrogen) atoms.